The summed E-state index contributed by atoms with van der Waals surface area (Å²) in [5.41, 5.74) is 7.47. The van der Waals surface area contributed by atoms with Crippen molar-refractivity contribution < 1.29 is 4.74 Å². The maximum absolute atomic E-state index is 6.10. The fraction of sp³-hybridized carbons (Fsp3) is 0.464. The van der Waals surface area contributed by atoms with Crippen molar-refractivity contribution >= 4 is 16.7 Å². The summed E-state index contributed by atoms with van der Waals surface area (Å²) < 4.78 is 8.25. The molecule has 0 amide bonds. The number of piperidine rings is 1. The summed E-state index contributed by atoms with van der Waals surface area (Å²) in [6.07, 6.45) is 8.46. The lowest BCUT2D eigenvalue weighted by Gasteiger charge is -2.40. The number of H-pyrrole nitrogens is 1. The van der Waals surface area contributed by atoms with E-state index in [4.69, 9.17) is 9.84 Å². The van der Waals surface area contributed by atoms with Gasteiger partial charge in [-0.25, -0.2) is 0 Å². The zero-order valence-corrected chi connectivity index (χ0v) is 21.6. The van der Waals surface area contributed by atoms with Crippen LogP contribution in [0.1, 0.15) is 24.4 Å². The topological polar surface area (TPSA) is 78.3 Å². The number of aromatic amines is 1. The van der Waals surface area contributed by atoms with Gasteiger partial charge >= 0.3 is 0 Å². The number of hydrogen-bond donors (Lipinski definition) is 1. The minimum absolute atomic E-state index is 0.403. The number of likely N-dealkylation sites (N-methyl/N-ethyl adjacent to an activating group) is 1. The molecule has 7 rings (SSSR count). The Kier molecular flexibility index (Phi) is 5.71. The molecule has 0 spiro atoms. The van der Waals surface area contributed by atoms with Crippen LogP contribution in [0.4, 0.5) is 5.69 Å². The second-order valence-electron chi connectivity index (χ2n) is 10.9. The zero-order chi connectivity index (χ0) is 24.9. The van der Waals surface area contributed by atoms with E-state index in [1.54, 1.807) is 0 Å². The van der Waals surface area contributed by atoms with Gasteiger partial charge in [-0.1, -0.05) is 6.07 Å². The van der Waals surface area contributed by atoms with Crippen LogP contribution in [0.5, 0.6) is 0 Å². The first-order valence-corrected chi connectivity index (χ1v) is 13.4. The molecule has 0 aliphatic carbocycles. The number of benzene rings is 1. The molecule has 0 radical (unpaired) electrons. The van der Waals surface area contributed by atoms with Gasteiger partial charge in [-0.05, 0) is 58.2 Å². The second-order valence-corrected chi connectivity index (χ2v) is 10.9. The molecule has 192 valence electrons. The number of piperazine rings is 1. The fourth-order valence-electron chi connectivity index (χ4n) is 6.15. The van der Waals surface area contributed by atoms with E-state index in [9.17, 15) is 0 Å². The molecule has 6 heterocycles. The normalized spacial score (nSPS) is 21.7. The van der Waals surface area contributed by atoms with Gasteiger partial charge in [0.25, 0.3) is 0 Å². The van der Waals surface area contributed by atoms with Crippen LogP contribution in [0.2, 0.25) is 0 Å². The third kappa shape index (κ3) is 4.21. The van der Waals surface area contributed by atoms with Gasteiger partial charge in [-0.15, -0.1) is 10.2 Å². The van der Waals surface area contributed by atoms with Crippen molar-refractivity contribution in [3.8, 4) is 22.4 Å². The Morgan fingerprint density at radius 2 is 1.84 bits per heavy atom. The lowest BCUT2D eigenvalue weighted by molar-refractivity contribution is 0.0960. The molecule has 37 heavy (non-hydrogen) atoms. The van der Waals surface area contributed by atoms with Crippen molar-refractivity contribution in [2.45, 2.75) is 31.5 Å². The van der Waals surface area contributed by atoms with E-state index < -0.39 is 0 Å². The molecule has 1 N–H and O–H groups in total. The van der Waals surface area contributed by atoms with Crippen molar-refractivity contribution in [2.24, 2.45) is 0 Å². The smallest absolute Gasteiger partial charge is 0.160 e. The molecule has 0 unspecified atom stereocenters. The summed E-state index contributed by atoms with van der Waals surface area (Å²) in [5, 5.41) is 14.9. The van der Waals surface area contributed by atoms with Crippen LogP contribution in [0.15, 0.2) is 42.9 Å². The van der Waals surface area contributed by atoms with Gasteiger partial charge in [0, 0.05) is 65.4 Å². The monoisotopic (exact) mass is 498 g/mol. The van der Waals surface area contributed by atoms with Crippen LogP contribution in [0, 0.1) is 0 Å². The third-order valence-corrected chi connectivity index (χ3v) is 8.35. The molecule has 2 fully saturated rings. The van der Waals surface area contributed by atoms with E-state index in [2.05, 4.69) is 79.1 Å². The van der Waals surface area contributed by atoms with Crippen LogP contribution >= 0.6 is 0 Å². The second kappa shape index (κ2) is 9.24. The van der Waals surface area contributed by atoms with E-state index in [1.807, 2.05) is 12.4 Å². The molecule has 9 heteroatoms. The third-order valence-electron chi connectivity index (χ3n) is 8.35. The largest absolute Gasteiger partial charge is 0.375 e. The molecule has 1 aromatic carbocycles. The average molecular weight is 499 g/mol. The number of likely N-dealkylation sites (tertiary alicyclic amines) is 1. The fourth-order valence-corrected chi connectivity index (χ4v) is 6.15. The molecular weight excluding hydrogens is 464 g/mol. The number of aromatic nitrogens is 5. The number of rotatable bonds is 3. The van der Waals surface area contributed by atoms with Gasteiger partial charge in [0.15, 0.2) is 5.65 Å². The SMILES string of the molecule is CN1CCC(n2cc(-c3c[nH]c4nnc(-c5ccc6c(c5)COC[C@@H]5CN(C)CCN65)cc34)cn2)CC1. The zero-order valence-electron chi connectivity index (χ0n) is 21.6. The highest BCUT2D eigenvalue weighted by Gasteiger charge is 2.29. The summed E-state index contributed by atoms with van der Waals surface area (Å²) in [6, 6.07) is 9.68. The highest BCUT2D eigenvalue weighted by molar-refractivity contribution is 5.94. The predicted molar refractivity (Wildman–Crippen MR) is 145 cm³/mol. The van der Waals surface area contributed by atoms with E-state index in [0.29, 0.717) is 18.7 Å². The molecule has 0 saturated carbocycles. The minimum Gasteiger partial charge on any atom is -0.375 e. The number of anilines is 1. The Bertz CT molecular complexity index is 1420. The maximum Gasteiger partial charge on any atom is 0.160 e. The molecular formula is C28H34N8O. The average Bonchev–Trinajstić information content (AvgIpc) is 3.52. The highest BCUT2D eigenvalue weighted by atomic mass is 16.5. The Labute approximate surface area is 217 Å². The Hall–Kier alpha value is -3.27. The molecule has 0 bridgehead atoms. The standard InChI is InChI=1S/C28H34N8O/c1-33-7-5-22(6-8-33)36-15-21(13-30-36)25-14-29-28-24(25)12-26(31-32-28)19-3-4-27-20(11-19)17-37-18-23-16-34(2)9-10-35(23)27/h3-4,11-15,22-23H,5-10,16-18H2,1-2H3,(H,29,32)/t23-/m0/s1. The number of nitrogens with zero attached hydrogens (tertiary/aromatic N) is 7. The molecule has 9 nitrogen and oxygen atoms in total. The lowest BCUT2D eigenvalue weighted by atomic mass is 10.0. The first kappa shape index (κ1) is 22.9. The molecule has 3 aliphatic heterocycles. The minimum atomic E-state index is 0.403. The van der Waals surface area contributed by atoms with Crippen molar-refractivity contribution in [3.63, 3.8) is 0 Å². The van der Waals surface area contributed by atoms with Crippen molar-refractivity contribution in [1.29, 1.82) is 0 Å². The highest BCUT2D eigenvalue weighted by Crippen LogP contribution is 2.34. The van der Waals surface area contributed by atoms with E-state index >= 15 is 0 Å². The molecule has 3 aliphatic rings. The van der Waals surface area contributed by atoms with E-state index in [0.717, 1.165) is 85.6 Å². The van der Waals surface area contributed by atoms with Gasteiger partial charge in [-0.2, -0.15) is 5.10 Å². The summed E-state index contributed by atoms with van der Waals surface area (Å²) in [4.78, 5) is 10.6. The van der Waals surface area contributed by atoms with Crippen molar-refractivity contribution in [2.75, 3.05) is 58.3 Å². The van der Waals surface area contributed by atoms with Gasteiger partial charge in [0.2, 0.25) is 0 Å². The predicted octanol–water partition coefficient (Wildman–Crippen LogP) is 3.41. The summed E-state index contributed by atoms with van der Waals surface area (Å²) in [6.45, 7) is 6.76. The maximum atomic E-state index is 6.10. The number of nitrogens with one attached hydrogen (secondary N) is 1. The molecule has 1 atom stereocenters. The van der Waals surface area contributed by atoms with Gasteiger partial charge < -0.3 is 24.4 Å². The van der Waals surface area contributed by atoms with Gasteiger partial charge in [0.1, 0.15) is 0 Å². The van der Waals surface area contributed by atoms with Crippen LogP contribution in [0.3, 0.4) is 0 Å². The van der Waals surface area contributed by atoms with E-state index in [-0.39, 0.29) is 0 Å². The van der Waals surface area contributed by atoms with Crippen LogP contribution in [-0.4, -0.2) is 94.2 Å². The molecule has 3 aromatic heterocycles. The Balaban J connectivity index is 1.19. The van der Waals surface area contributed by atoms with Crippen LogP contribution < -0.4 is 4.90 Å². The first-order valence-electron chi connectivity index (χ1n) is 13.4. The van der Waals surface area contributed by atoms with E-state index in [1.165, 1.54) is 11.3 Å². The van der Waals surface area contributed by atoms with Gasteiger partial charge in [-0.3, -0.25) is 4.68 Å². The van der Waals surface area contributed by atoms with Crippen molar-refractivity contribution in [3.05, 3.63) is 48.4 Å². The Morgan fingerprint density at radius 3 is 2.73 bits per heavy atom. The van der Waals surface area contributed by atoms with Crippen LogP contribution in [0.25, 0.3) is 33.4 Å². The molecule has 2 saturated heterocycles. The number of ether oxygens (including phenoxy) is 1. The first-order chi connectivity index (χ1) is 18.1. The van der Waals surface area contributed by atoms with Crippen molar-refractivity contribution in [1.82, 2.24) is 34.8 Å². The van der Waals surface area contributed by atoms with Crippen LogP contribution in [-0.2, 0) is 11.3 Å². The van der Waals surface area contributed by atoms with Gasteiger partial charge in [0.05, 0.1) is 37.2 Å². The quantitative estimate of drug-likeness (QED) is 0.464. The summed E-state index contributed by atoms with van der Waals surface area (Å²) in [5.74, 6) is 0. The summed E-state index contributed by atoms with van der Waals surface area (Å²) in [7, 11) is 4.38. The Morgan fingerprint density at radius 1 is 0.946 bits per heavy atom. The molecule has 4 aromatic rings. The number of hydrogen-bond acceptors (Lipinski definition) is 7. The lowest BCUT2D eigenvalue weighted by Crippen LogP contribution is -2.53. The number of fused-ring (bicyclic) bond motifs is 4. The summed E-state index contributed by atoms with van der Waals surface area (Å²) >= 11 is 0.